The molecule has 2 unspecified atom stereocenters. The molecule has 0 aromatic heterocycles. The van der Waals surface area contributed by atoms with Crippen LogP contribution in [0.4, 0.5) is 0 Å². The second-order valence-electron chi connectivity index (χ2n) is 6.78. The number of amides is 1. The van der Waals surface area contributed by atoms with E-state index in [0.29, 0.717) is 35.8 Å². The van der Waals surface area contributed by atoms with Crippen LogP contribution in [0, 0.1) is 11.8 Å². The molecule has 0 spiro atoms. The zero-order valence-electron chi connectivity index (χ0n) is 13.5. The Morgan fingerprint density at radius 1 is 1.30 bits per heavy atom. The van der Waals surface area contributed by atoms with Crippen LogP contribution >= 0.6 is 0 Å². The minimum absolute atomic E-state index is 0.0398. The lowest BCUT2D eigenvalue weighted by Gasteiger charge is -2.45. The number of para-hydroxylation sites is 1. The minimum atomic E-state index is -0.0398. The van der Waals surface area contributed by atoms with Crippen LogP contribution in [-0.2, 0) is 0 Å². The molecule has 4 heteroatoms. The predicted octanol–water partition coefficient (Wildman–Crippen LogP) is 2.89. The maximum absolute atomic E-state index is 12.8. The summed E-state index contributed by atoms with van der Waals surface area (Å²) in [6, 6.07) is 7.94. The second-order valence-corrected chi connectivity index (χ2v) is 6.78. The summed E-state index contributed by atoms with van der Waals surface area (Å²) in [7, 11) is 0. The first-order chi connectivity index (χ1) is 11.2. The Hall–Kier alpha value is -1.81. The highest BCUT2D eigenvalue weighted by molar-refractivity contribution is 5.97. The number of ether oxygens (including phenoxy) is 1. The zero-order chi connectivity index (χ0) is 16.2. The predicted molar refractivity (Wildman–Crippen MR) is 91.4 cm³/mol. The molecule has 4 nitrogen and oxygen atoms in total. The van der Waals surface area contributed by atoms with Crippen molar-refractivity contribution in [2.75, 3.05) is 6.61 Å². The molecular formula is C19H26N2O2. The molecule has 1 aromatic rings. The normalized spacial score (nSPS) is 29.6. The molecule has 3 N–H and O–H groups in total. The average molecular weight is 314 g/mol. The van der Waals surface area contributed by atoms with E-state index in [1.807, 2.05) is 24.3 Å². The summed E-state index contributed by atoms with van der Waals surface area (Å²) in [6.45, 7) is 4.05. The number of nitrogens with one attached hydrogen (secondary N) is 1. The zero-order valence-corrected chi connectivity index (χ0v) is 13.5. The van der Waals surface area contributed by atoms with E-state index in [1.54, 1.807) is 6.08 Å². The van der Waals surface area contributed by atoms with Crippen LogP contribution in [0.25, 0.3) is 0 Å². The molecule has 0 heterocycles. The summed E-state index contributed by atoms with van der Waals surface area (Å²) >= 11 is 0. The molecule has 1 aromatic carbocycles. The average Bonchev–Trinajstić information content (AvgIpc) is 2.54. The van der Waals surface area contributed by atoms with Gasteiger partial charge in [0.15, 0.2) is 0 Å². The van der Waals surface area contributed by atoms with E-state index in [4.69, 9.17) is 10.5 Å². The first kappa shape index (κ1) is 16.1. The second kappa shape index (κ2) is 7.18. The fraction of sp³-hybridized carbons (Fsp3) is 0.526. The molecule has 3 rings (SSSR count). The van der Waals surface area contributed by atoms with Gasteiger partial charge in [-0.2, -0.15) is 0 Å². The number of hydrogen-bond acceptors (Lipinski definition) is 3. The maximum atomic E-state index is 12.8. The highest BCUT2D eigenvalue weighted by Crippen LogP contribution is 2.39. The van der Waals surface area contributed by atoms with Gasteiger partial charge in [0.2, 0.25) is 0 Å². The van der Waals surface area contributed by atoms with E-state index in [9.17, 15) is 4.79 Å². The molecule has 0 aliphatic heterocycles. The summed E-state index contributed by atoms with van der Waals surface area (Å²) < 4.78 is 5.61. The third-order valence-corrected chi connectivity index (χ3v) is 5.16. The van der Waals surface area contributed by atoms with Crippen LogP contribution in [0.2, 0.25) is 0 Å². The van der Waals surface area contributed by atoms with Gasteiger partial charge in [0.05, 0.1) is 5.56 Å². The molecule has 2 saturated carbocycles. The topological polar surface area (TPSA) is 64.3 Å². The summed E-state index contributed by atoms with van der Waals surface area (Å²) in [5, 5.41) is 3.27. The Morgan fingerprint density at radius 2 is 2.00 bits per heavy atom. The van der Waals surface area contributed by atoms with Crippen LogP contribution in [-0.4, -0.2) is 24.6 Å². The highest BCUT2D eigenvalue weighted by Gasteiger charge is 2.40. The third-order valence-electron chi connectivity index (χ3n) is 5.16. The number of hydrogen-bond donors (Lipinski definition) is 2. The Morgan fingerprint density at radius 3 is 2.70 bits per heavy atom. The van der Waals surface area contributed by atoms with Gasteiger partial charge >= 0.3 is 0 Å². The fourth-order valence-electron chi connectivity index (χ4n) is 4.18. The molecule has 2 atom stereocenters. The van der Waals surface area contributed by atoms with E-state index in [1.165, 1.54) is 19.3 Å². The lowest BCUT2D eigenvalue weighted by molar-refractivity contribution is 0.0753. The SMILES string of the molecule is C=CCOc1ccccc1C(=O)NC1C2CCCC1CC(N)C2. The van der Waals surface area contributed by atoms with Crippen molar-refractivity contribution in [2.24, 2.45) is 17.6 Å². The Bertz CT molecular complexity index is 558. The molecule has 2 aliphatic rings. The first-order valence-corrected chi connectivity index (χ1v) is 8.58. The smallest absolute Gasteiger partial charge is 0.255 e. The fourth-order valence-corrected chi connectivity index (χ4v) is 4.18. The number of fused-ring (bicyclic) bond motifs is 2. The van der Waals surface area contributed by atoms with Gasteiger partial charge < -0.3 is 15.8 Å². The summed E-state index contributed by atoms with van der Waals surface area (Å²) in [6.07, 6.45) is 7.33. The molecule has 0 radical (unpaired) electrons. The summed E-state index contributed by atoms with van der Waals surface area (Å²) in [5.41, 5.74) is 6.77. The number of carbonyl (C=O) groups excluding carboxylic acids is 1. The quantitative estimate of drug-likeness (QED) is 0.821. The van der Waals surface area contributed by atoms with Gasteiger partial charge in [-0.05, 0) is 49.7 Å². The van der Waals surface area contributed by atoms with Crippen molar-refractivity contribution in [2.45, 2.75) is 44.2 Å². The highest BCUT2D eigenvalue weighted by atomic mass is 16.5. The van der Waals surface area contributed by atoms with E-state index in [2.05, 4.69) is 11.9 Å². The third kappa shape index (κ3) is 3.58. The molecule has 0 saturated heterocycles. The van der Waals surface area contributed by atoms with Gasteiger partial charge in [0, 0.05) is 12.1 Å². The van der Waals surface area contributed by atoms with Crippen LogP contribution in [0.5, 0.6) is 5.75 Å². The molecule has 2 bridgehead atoms. The van der Waals surface area contributed by atoms with E-state index < -0.39 is 0 Å². The van der Waals surface area contributed by atoms with Gasteiger partial charge in [-0.25, -0.2) is 0 Å². The largest absolute Gasteiger partial charge is 0.489 e. The number of carbonyl (C=O) groups is 1. The van der Waals surface area contributed by atoms with Crippen LogP contribution in [0.15, 0.2) is 36.9 Å². The lowest BCUT2D eigenvalue weighted by Crippen LogP contribution is -2.53. The van der Waals surface area contributed by atoms with Crippen LogP contribution < -0.4 is 15.8 Å². The van der Waals surface area contributed by atoms with E-state index >= 15 is 0 Å². The molecule has 124 valence electrons. The van der Waals surface area contributed by atoms with Crippen LogP contribution in [0.1, 0.15) is 42.5 Å². The monoisotopic (exact) mass is 314 g/mol. The summed E-state index contributed by atoms with van der Waals surface area (Å²) in [4.78, 5) is 12.8. The van der Waals surface area contributed by atoms with E-state index in [0.717, 1.165) is 12.8 Å². The Kier molecular flexibility index (Phi) is 5.01. The number of rotatable bonds is 5. The van der Waals surface area contributed by atoms with Crippen molar-refractivity contribution in [3.8, 4) is 5.75 Å². The Labute approximate surface area is 138 Å². The van der Waals surface area contributed by atoms with Gasteiger partial charge in [-0.1, -0.05) is 31.2 Å². The van der Waals surface area contributed by atoms with Crippen molar-refractivity contribution >= 4 is 5.91 Å². The van der Waals surface area contributed by atoms with Crippen molar-refractivity contribution < 1.29 is 9.53 Å². The lowest BCUT2D eigenvalue weighted by atomic mass is 9.67. The van der Waals surface area contributed by atoms with Gasteiger partial charge in [0.25, 0.3) is 5.91 Å². The summed E-state index contributed by atoms with van der Waals surface area (Å²) in [5.74, 6) is 1.61. The molecular weight excluding hydrogens is 288 g/mol. The van der Waals surface area contributed by atoms with Crippen molar-refractivity contribution in [1.82, 2.24) is 5.32 Å². The van der Waals surface area contributed by atoms with Crippen molar-refractivity contribution in [1.29, 1.82) is 0 Å². The number of nitrogens with two attached hydrogens (primary N) is 1. The van der Waals surface area contributed by atoms with Gasteiger partial charge in [-0.3, -0.25) is 4.79 Å². The molecule has 2 fully saturated rings. The van der Waals surface area contributed by atoms with E-state index in [-0.39, 0.29) is 11.9 Å². The Balaban J connectivity index is 1.73. The molecule has 1 amide bonds. The van der Waals surface area contributed by atoms with Gasteiger partial charge in [-0.15, -0.1) is 0 Å². The molecule has 23 heavy (non-hydrogen) atoms. The van der Waals surface area contributed by atoms with Crippen molar-refractivity contribution in [3.05, 3.63) is 42.5 Å². The van der Waals surface area contributed by atoms with Gasteiger partial charge in [0.1, 0.15) is 12.4 Å². The molecule has 2 aliphatic carbocycles. The first-order valence-electron chi connectivity index (χ1n) is 8.58. The van der Waals surface area contributed by atoms with Crippen molar-refractivity contribution in [3.63, 3.8) is 0 Å². The minimum Gasteiger partial charge on any atom is -0.489 e. The maximum Gasteiger partial charge on any atom is 0.255 e. The van der Waals surface area contributed by atoms with Crippen LogP contribution in [0.3, 0.4) is 0 Å². The standard InChI is InChI=1S/C19H26N2O2/c1-2-10-23-17-9-4-3-8-16(17)19(22)21-18-13-6-5-7-14(18)12-15(20)11-13/h2-4,8-9,13-15,18H,1,5-7,10-12,20H2,(H,21,22). The number of benzene rings is 1.